The van der Waals surface area contributed by atoms with Crippen LogP contribution in [0.15, 0.2) is 18.3 Å². The summed E-state index contributed by atoms with van der Waals surface area (Å²) < 4.78 is 53.2. The number of hydrogen-bond acceptors (Lipinski definition) is 3. The van der Waals surface area contributed by atoms with Crippen LogP contribution in [-0.4, -0.2) is 16.1 Å². The average molecular weight is 440 g/mol. The van der Waals surface area contributed by atoms with E-state index in [9.17, 15) is 22.4 Å². The Morgan fingerprint density at radius 1 is 1.35 bits per heavy atom. The number of benzene rings is 1. The number of nitrogens with zero attached hydrogens (tertiary/aromatic N) is 1. The normalized spacial score (nSPS) is 11.6. The van der Waals surface area contributed by atoms with Gasteiger partial charge in [-0.3, -0.25) is 4.98 Å². The Kier molecular flexibility index (Phi) is 4.51. The number of nitrogens with two attached hydrogens (primary N) is 1. The van der Waals surface area contributed by atoms with Crippen LogP contribution in [0, 0.1) is 16.3 Å². The van der Waals surface area contributed by atoms with Crippen LogP contribution in [0.5, 0.6) is 0 Å². The molecule has 122 valence electrons. The first kappa shape index (κ1) is 17.4. The molecule has 9 heteroatoms. The highest BCUT2D eigenvalue weighted by Gasteiger charge is 2.37. The first-order valence-electron chi connectivity index (χ1n) is 6.09. The summed E-state index contributed by atoms with van der Waals surface area (Å²) in [5.74, 6) is -2.23. The lowest BCUT2D eigenvalue weighted by Gasteiger charge is -2.18. The predicted octanol–water partition coefficient (Wildman–Crippen LogP) is 4.10. The van der Waals surface area contributed by atoms with Gasteiger partial charge in [0.2, 0.25) is 0 Å². The van der Waals surface area contributed by atoms with Gasteiger partial charge in [-0.15, -0.1) is 0 Å². The number of anilines is 1. The van der Waals surface area contributed by atoms with Gasteiger partial charge >= 0.3 is 12.1 Å². The number of carboxylic acid groups (broad SMARTS) is 1. The molecule has 2 rings (SSSR count). The molecule has 2 aromatic rings. The zero-order valence-electron chi connectivity index (χ0n) is 11.5. The van der Waals surface area contributed by atoms with Crippen molar-refractivity contribution in [2.24, 2.45) is 0 Å². The van der Waals surface area contributed by atoms with Crippen LogP contribution in [0.25, 0.3) is 11.3 Å². The Labute approximate surface area is 141 Å². The van der Waals surface area contributed by atoms with Crippen LogP contribution in [0.2, 0.25) is 0 Å². The lowest BCUT2D eigenvalue weighted by molar-refractivity contribution is -0.137. The summed E-state index contributed by atoms with van der Waals surface area (Å²) in [7, 11) is 0. The number of rotatable bonds is 2. The molecule has 0 fully saturated rings. The topological polar surface area (TPSA) is 76.2 Å². The predicted molar refractivity (Wildman–Crippen MR) is 83.5 cm³/mol. The van der Waals surface area contributed by atoms with Crippen molar-refractivity contribution in [3.8, 4) is 11.3 Å². The fourth-order valence-corrected chi connectivity index (χ4v) is 2.85. The fourth-order valence-electron chi connectivity index (χ4n) is 1.99. The van der Waals surface area contributed by atoms with Gasteiger partial charge in [0.1, 0.15) is 5.82 Å². The number of aromatic carboxylic acids is 1. The molecular formula is C14H9F4IN2O2. The Balaban J connectivity index is 2.88. The van der Waals surface area contributed by atoms with E-state index in [-0.39, 0.29) is 26.1 Å². The van der Waals surface area contributed by atoms with E-state index in [1.807, 2.05) is 0 Å². The molecule has 4 nitrogen and oxygen atoms in total. The van der Waals surface area contributed by atoms with Gasteiger partial charge in [0.15, 0.2) is 0 Å². The third-order valence-electron chi connectivity index (χ3n) is 3.14. The van der Waals surface area contributed by atoms with Crippen molar-refractivity contribution in [3.05, 3.63) is 44.4 Å². The Hall–Kier alpha value is -1.91. The molecule has 0 atom stereocenters. The van der Waals surface area contributed by atoms with Crippen molar-refractivity contribution in [1.82, 2.24) is 4.98 Å². The van der Waals surface area contributed by atoms with Crippen molar-refractivity contribution in [2.75, 3.05) is 5.73 Å². The standard InChI is InChI=1S/C14H9F4IN2O2/c1-5-2-9(21-4-8(5)15)10-7(14(16,17)18)3-6(13(22)23)12(20)11(10)19/h2-4H,20H2,1H3,(H,22,23). The first-order valence-corrected chi connectivity index (χ1v) is 7.17. The summed E-state index contributed by atoms with van der Waals surface area (Å²) in [6.07, 6.45) is -4.01. The third kappa shape index (κ3) is 3.23. The van der Waals surface area contributed by atoms with E-state index in [4.69, 9.17) is 10.8 Å². The van der Waals surface area contributed by atoms with Crippen LogP contribution >= 0.6 is 22.6 Å². The molecule has 3 N–H and O–H groups in total. The molecule has 1 heterocycles. The van der Waals surface area contributed by atoms with Crippen molar-refractivity contribution in [1.29, 1.82) is 0 Å². The Morgan fingerprint density at radius 3 is 2.43 bits per heavy atom. The second kappa shape index (κ2) is 5.95. The van der Waals surface area contributed by atoms with Gasteiger partial charge < -0.3 is 10.8 Å². The third-order valence-corrected chi connectivity index (χ3v) is 4.26. The summed E-state index contributed by atoms with van der Waals surface area (Å²) in [5.41, 5.74) is 3.11. The number of carbonyl (C=O) groups is 1. The van der Waals surface area contributed by atoms with Gasteiger partial charge in [-0.2, -0.15) is 13.2 Å². The van der Waals surface area contributed by atoms with Crippen molar-refractivity contribution in [3.63, 3.8) is 0 Å². The zero-order valence-corrected chi connectivity index (χ0v) is 13.7. The van der Waals surface area contributed by atoms with E-state index >= 15 is 0 Å². The van der Waals surface area contributed by atoms with Gasteiger partial charge in [0.05, 0.1) is 28.7 Å². The van der Waals surface area contributed by atoms with E-state index in [1.165, 1.54) is 29.5 Å². The number of halogens is 5. The average Bonchev–Trinajstić information content (AvgIpc) is 2.43. The fraction of sp³-hybridized carbons (Fsp3) is 0.143. The molecule has 0 saturated heterocycles. The second-order valence-electron chi connectivity index (χ2n) is 4.70. The van der Waals surface area contributed by atoms with Crippen molar-refractivity contribution in [2.45, 2.75) is 13.1 Å². The lowest BCUT2D eigenvalue weighted by Crippen LogP contribution is -2.14. The van der Waals surface area contributed by atoms with E-state index in [1.54, 1.807) is 0 Å². The zero-order chi connectivity index (χ0) is 17.5. The number of nitrogen functional groups attached to an aromatic ring is 1. The van der Waals surface area contributed by atoms with E-state index in [0.29, 0.717) is 6.07 Å². The molecule has 0 bridgehead atoms. The highest BCUT2D eigenvalue weighted by Crippen LogP contribution is 2.42. The number of aromatic nitrogens is 1. The summed E-state index contributed by atoms with van der Waals surface area (Å²) in [6, 6.07) is 1.62. The number of alkyl halides is 3. The molecule has 23 heavy (non-hydrogen) atoms. The van der Waals surface area contributed by atoms with Gasteiger partial charge in [-0.25, -0.2) is 9.18 Å². The maximum Gasteiger partial charge on any atom is 0.417 e. The Bertz CT molecular complexity index is 806. The van der Waals surface area contributed by atoms with E-state index in [2.05, 4.69) is 4.98 Å². The van der Waals surface area contributed by atoms with Gasteiger partial charge in [0, 0.05) is 9.13 Å². The molecule has 0 radical (unpaired) electrons. The Morgan fingerprint density at radius 2 is 1.96 bits per heavy atom. The molecule has 0 aliphatic rings. The van der Waals surface area contributed by atoms with E-state index < -0.39 is 29.1 Å². The minimum atomic E-state index is -4.82. The minimum absolute atomic E-state index is 0.103. The molecule has 0 spiro atoms. The van der Waals surface area contributed by atoms with E-state index in [0.717, 1.165) is 12.3 Å². The molecule has 0 amide bonds. The van der Waals surface area contributed by atoms with Crippen LogP contribution in [0.1, 0.15) is 21.5 Å². The summed E-state index contributed by atoms with van der Waals surface area (Å²) in [4.78, 5) is 14.8. The molecule has 1 aromatic heterocycles. The van der Waals surface area contributed by atoms with Crippen LogP contribution in [0.4, 0.5) is 23.2 Å². The lowest BCUT2D eigenvalue weighted by atomic mass is 9.98. The SMILES string of the molecule is Cc1cc(-c2c(C(F)(F)F)cc(C(=O)O)c(N)c2I)ncc1F. The second-order valence-corrected chi connectivity index (χ2v) is 5.77. The van der Waals surface area contributed by atoms with Crippen molar-refractivity contribution < 1.29 is 27.5 Å². The van der Waals surface area contributed by atoms with Gasteiger partial charge in [-0.05, 0) is 47.2 Å². The van der Waals surface area contributed by atoms with Gasteiger partial charge in [0.25, 0.3) is 0 Å². The van der Waals surface area contributed by atoms with Crippen LogP contribution in [-0.2, 0) is 6.18 Å². The molecule has 0 aliphatic carbocycles. The van der Waals surface area contributed by atoms with Crippen molar-refractivity contribution >= 4 is 34.2 Å². The first-order chi connectivity index (χ1) is 10.5. The largest absolute Gasteiger partial charge is 0.478 e. The molecule has 0 unspecified atom stereocenters. The number of aryl methyl sites for hydroxylation is 1. The number of hydrogen-bond donors (Lipinski definition) is 2. The summed E-state index contributed by atoms with van der Waals surface area (Å²) >= 11 is 1.53. The quantitative estimate of drug-likeness (QED) is 0.419. The summed E-state index contributed by atoms with van der Waals surface area (Å²) in [5, 5.41) is 9.01. The maximum atomic E-state index is 13.3. The number of pyridine rings is 1. The number of carboxylic acids is 1. The monoisotopic (exact) mass is 440 g/mol. The molecular weight excluding hydrogens is 431 g/mol. The highest BCUT2D eigenvalue weighted by atomic mass is 127. The minimum Gasteiger partial charge on any atom is -0.478 e. The van der Waals surface area contributed by atoms with Gasteiger partial charge in [-0.1, -0.05) is 0 Å². The summed E-state index contributed by atoms with van der Waals surface area (Å²) in [6.45, 7) is 1.38. The van der Waals surface area contributed by atoms with Crippen LogP contribution < -0.4 is 5.73 Å². The molecule has 0 aliphatic heterocycles. The van der Waals surface area contributed by atoms with Crippen LogP contribution in [0.3, 0.4) is 0 Å². The smallest absolute Gasteiger partial charge is 0.417 e. The molecule has 1 aromatic carbocycles. The maximum absolute atomic E-state index is 13.3. The highest BCUT2D eigenvalue weighted by molar-refractivity contribution is 14.1. The molecule has 0 saturated carbocycles.